The summed E-state index contributed by atoms with van der Waals surface area (Å²) in [6.07, 6.45) is 97.6. The maximum atomic E-state index is 12.8. The van der Waals surface area contributed by atoms with Crippen LogP contribution in [0, 0.1) is 0 Å². The average Bonchev–Trinajstić information content (AvgIpc) is 3.45. The van der Waals surface area contributed by atoms with Crippen molar-refractivity contribution in [3.8, 4) is 0 Å². The second-order valence-electron chi connectivity index (χ2n) is 19.8. The van der Waals surface area contributed by atoms with Gasteiger partial charge < -0.3 is 14.2 Å². The Labute approximate surface area is 484 Å². The smallest absolute Gasteiger partial charge is 0.306 e. The second-order valence-corrected chi connectivity index (χ2v) is 19.8. The van der Waals surface area contributed by atoms with Crippen molar-refractivity contribution in [1.29, 1.82) is 0 Å². The summed E-state index contributed by atoms with van der Waals surface area (Å²) in [5, 5.41) is 0. The van der Waals surface area contributed by atoms with Crippen LogP contribution < -0.4 is 0 Å². The van der Waals surface area contributed by atoms with Gasteiger partial charge in [0, 0.05) is 19.3 Å². The lowest BCUT2D eigenvalue weighted by atomic mass is 10.1. The average molecular weight is 1090 g/mol. The zero-order valence-electron chi connectivity index (χ0n) is 50.3. The molecule has 6 nitrogen and oxygen atoms in total. The minimum Gasteiger partial charge on any atom is -0.462 e. The van der Waals surface area contributed by atoms with Crippen LogP contribution in [0.2, 0.25) is 0 Å². The Morgan fingerprint density at radius 1 is 0.266 bits per heavy atom. The van der Waals surface area contributed by atoms with Crippen molar-refractivity contribution in [3.05, 3.63) is 182 Å². The predicted molar refractivity (Wildman–Crippen MR) is 343 cm³/mol. The molecule has 6 heteroatoms. The second kappa shape index (κ2) is 65.0. The van der Waals surface area contributed by atoms with Crippen molar-refractivity contribution in [3.63, 3.8) is 0 Å². The van der Waals surface area contributed by atoms with Gasteiger partial charge in [-0.15, -0.1) is 0 Å². The maximum Gasteiger partial charge on any atom is 0.306 e. The van der Waals surface area contributed by atoms with Crippen molar-refractivity contribution in [2.45, 2.75) is 245 Å². The fraction of sp³-hybridized carbons (Fsp3) is 0.548. The fourth-order valence-corrected chi connectivity index (χ4v) is 7.74. The largest absolute Gasteiger partial charge is 0.462 e. The van der Waals surface area contributed by atoms with Gasteiger partial charge in [0.25, 0.3) is 0 Å². The first-order valence-corrected chi connectivity index (χ1v) is 31.3. The number of carbonyl (C=O) groups excluding carboxylic acids is 3. The molecule has 1 atom stereocenters. The molecule has 440 valence electrons. The summed E-state index contributed by atoms with van der Waals surface area (Å²) in [5.41, 5.74) is 0. The summed E-state index contributed by atoms with van der Waals surface area (Å²) in [4.78, 5) is 38.2. The van der Waals surface area contributed by atoms with Gasteiger partial charge in [0.15, 0.2) is 6.10 Å². The quantitative estimate of drug-likeness (QED) is 0.0261. The van der Waals surface area contributed by atoms with E-state index in [1.54, 1.807) is 0 Å². The number of hydrogen-bond donors (Lipinski definition) is 0. The van der Waals surface area contributed by atoms with Gasteiger partial charge in [-0.05, 0) is 148 Å². The Morgan fingerprint density at radius 2 is 0.506 bits per heavy atom. The van der Waals surface area contributed by atoms with Gasteiger partial charge in [0.2, 0.25) is 0 Å². The summed E-state index contributed by atoms with van der Waals surface area (Å²) < 4.78 is 16.8. The number of allylic oxidation sites excluding steroid dienone is 30. The van der Waals surface area contributed by atoms with Crippen molar-refractivity contribution in [2.75, 3.05) is 13.2 Å². The van der Waals surface area contributed by atoms with E-state index in [9.17, 15) is 14.4 Å². The Morgan fingerprint density at radius 3 is 0.823 bits per heavy atom. The molecule has 0 bridgehead atoms. The Hall–Kier alpha value is -5.49. The van der Waals surface area contributed by atoms with Crippen LogP contribution in [-0.2, 0) is 28.6 Å². The van der Waals surface area contributed by atoms with Gasteiger partial charge in [-0.25, -0.2) is 0 Å². The number of hydrogen-bond acceptors (Lipinski definition) is 6. The molecule has 0 radical (unpaired) electrons. The van der Waals surface area contributed by atoms with E-state index in [0.29, 0.717) is 19.3 Å². The Balaban J connectivity index is 4.39. The topological polar surface area (TPSA) is 78.9 Å². The molecule has 0 rings (SSSR count). The van der Waals surface area contributed by atoms with Crippen molar-refractivity contribution < 1.29 is 28.6 Å². The molecule has 0 aliphatic carbocycles. The van der Waals surface area contributed by atoms with Crippen LogP contribution in [0.1, 0.15) is 239 Å². The third-order valence-electron chi connectivity index (χ3n) is 12.4. The number of carbonyl (C=O) groups is 3. The summed E-state index contributed by atoms with van der Waals surface area (Å²) in [6.45, 7) is 6.28. The molecule has 0 aliphatic rings. The number of unbranched alkanes of at least 4 members (excludes halogenated alkanes) is 13. The number of ether oxygens (including phenoxy) is 3. The van der Waals surface area contributed by atoms with Gasteiger partial charge >= 0.3 is 17.9 Å². The highest BCUT2D eigenvalue weighted by atomic mass is 16.6. The molecule has 0 aromatic carbocycles. The van der Waals surface area contributed by atoms with Gasteiger partial charge in [0.1, 0.15) is 13.2 Å². The maximum absolute atomic E-state index is 12.8. The molecule has 0 heterocycles. The molecular formula is C73H112O6. The minimum absolute atomic E-state index is 0.120. The van der Waals surface area contributed by atoms with Gasteiger partial charge in [-0.1, -0.05) is 254 Å². The van der Waals surface area contributed by atoms with Crippen LogP contribution in [0.3, 0.4) is 0 Å². The summed E-state index contributed by atoms with van der Waals surface area (Å²) in [5.74, 6) is -1.02. The lowest BCUT2D eigenvalue weighted by molar-refractivity contribution is -0.167. The van der Waals surface area contributed by atoms with Crippen LogP contribution in [0.4, 0.5) is 0 Å². The zero-order chi connectivity index (χ0) is 57.1. The lowest BCUT2D eigenvalue weighted by Gasteiger charge is -2.18. The van der Waals surface area contributed by atoms with E-state index in [1.807, 2.05) is 0 Å². The number of rotatable bonds is 54. The first-order valence-electron chi connectivity index (χ1n) is 31.3. The molecule has 0 aromatic heterocycles. The molecule has 0 aliphatic heterocycles. The van der Waals surface area contributed by atoms with Crippen molar-refractivity contribution in [1.82, 2.24) is 0 Å². The third-order valence-corrected chi connectivity index (χ3v) is 12.4. The van der Waals surface area contributed by atoms with Crippen LogP contribution >= 0.6 is 0 Å². The SMILES string of the molecule is CC/C=C\C/C=C\C/C=C\C/C=C\C/C=C\C/C=C\C/C=C\C/C=C\C/C=C\CCCCCCCC(=O)OCC(COC(=O)CCCCCCC/C=C\CCCC)OC(=O)CCC/C=C\C/C=C\C/C=C\C/C=C\C/C=C\CC. The molecule has 79 heavy (non-hydrogen) atoms. The van der Waals surface area contributed by atoms with E-state index in [1.165, 1.54) is 25.7 Å². The van der Waals surface area contributed by atoms with Gasteiger partial charge in [0.05, 0.1) is 0 Å². The third kappa shape index (κ3) is 63.2. The standard InChI is InChI=1S/C73H112O6/c1-4-7-10-13-16-19-22-24-26-28-29-30-31-32-33-34-35-36-37-38-39-40-41-42-43-45-46-48-51-54-57-60-63-66-72(75)78-69-70(68-77-71(74)65-62-59-56-53-50-21-18-15-12-9-6-3)79-73(76)67-64-61-58-55-52-49-47-44-27-25-23-20-17-14-11-8-5-2/h7-8,10-11,15-20,24-27,29-30,32-33,35-36,38-39,41-42,45-47,49,55,58,70H,4-6,9,12-14,21-23,28,31,34,37,40,43-44,48,50-54,56-57,59-69H2,1-3H3/b10-7-,11-8-,18-15-,19-16-,20-17-,26-24-,27-25-,30-29-,33-32-,36-35-,39-38-,42-41-,46-45-,49-47-,58-55-. The van der Waals surface area contributed by atoms with E-state index < -0.39 is 6.10 Å². The highest BCUT2D eigenvalue weighted by Crippen LogP contribution is 2.12. The predicted octanol–water partition coefficient (Wildman–Crippen LogP) is 21.7. The fourth-order valence-electron chi connectivity index (χ4n) is 7.74. The molecule has 0 saturated carbocycles. The van der Waals surface area contributed by atoms with Crippen LogP contribution in [0.25, 0.3) is 0 Å². The highest BCUT2D eigenvalue weighted by molar-refractivity contribution is 5.71. The zero-order valence-corrected chi connectivity index (χ0v) is 50.3. The van der Waals surface area contributed by atoms with Crippen LogP contribution in [0.15, 0.2) is 182 Å². The summed E-state index contributed by atoms with van der Waals surface area (Å²) in [6, 6.07) is 0. The van der Waals surface area contributed by atoms with Crippen molar-refractivity contribution in [2.24, 2.45) is 0 Å². The van der Waals surface area contributed by atoms with E-state index in [0.717, 1.165) is 167 Å². The van der Waals surface area contributed by atoms with Gasteiger partial charge in [-0.3, -0.25) is 14.4 Å². The molecular weight excluding hydrogens is 973 g/mol. The molecule has 0 saturated heterocycles. The highest BCUT2D eigenvalue weighted by Gasteiger charge is 2.19. The van der Waals surface area contributed by atoms with E-state index in [2.05, 4.69) is 203 Å². The molecule has 1 unspecified atom stereocenters. The molecule has 0 fully saturated rings. The van der Waals surface area contributed by atoms with E-state index in [4.69, 9.17) is 14.2 Å². The summed E-state index contributed by atoms with van der Waals surface area (Å²) in [7, 11) is 0. The van der Waals surface area contributed by atoms with E-state index in [-0.39, 0.29) is 37.5 Å². The monoisotopic (exact) mass is 1080 g/mol. The molecule has 0 amide bonds. The molecule has 0 spiro atoms. The van der Waals surface area contributed by atoms with Crippen LogP contribution in [0.5, 0.6) is 0 Å². The van der Waals surface area contributed by atoms with Crippen molar-refractivity contribution >= 4 is 17.9 Å². The Kier molecular flexibility index (Phi) is 60.5. The molecule has 0 aromatic rings. The first kappa shape index (κ1) is 73.5. The van der Waals surface area contributed by atoms with E-state index >= 15 is 0 Å². The summed E-state index contributed by atoms with van der Waals surface area (Å²) >= 11 is 0. The minimum atomic E-state index is -0.829. The lowest BCUT2D eigenvalue weighted by Crippen LogP contribution is -2.30. The normalized spacial score (nSPS) is 13.4. The van der Waals surface area contributed by atoms with Crippen LogP contribution in [-0.4, -0.2) is 37.2 Å². The molecule has 0 N–H and O–H groups in total. The Bertz CT molecular complexity index is 1870. The number of esters is 3. The van der Waals surface area contributed by atoms with Gasteiger partial charge in [-0.2, -0.15) is 0 Å². The first-order chi connectivity index (χ1) is 39.0.